The van der Waals surface area contributed by atoms with Crippen LogP contribution in [0.1, 0.15) is 74.7 Å². The van der Waals surface area contributed by atoms with Gasteiger partial charge in [0.05, 0.1) is 12.2 Å². The summed E-state index contributed by atoms with van der Waals surface area (Å²) in [5, 5.41) is 19.1. The Hall–Kier alpha value is -1.14. The Bertz CT molecular complexity index is 420. The number of carbonyl (C=O) groups is 2. The maximum Gasteiger partial charge on any atom is 0.223 e. The molecule has 0 saturated heterocycles. The normalized spacial score (nSPS) is 16.9. The molecule has 0 aromatic carbocycles. The van der Waals surface area contributed by atoms with E-state index in [4.69, 9.17) is 11.5 Å². The summed E-state index contributed by atoms with van der Waals surface area (Å²) in [7, 11) is 0. The van der Waals surface area contributed by atoms with Gasteiger partial charge in [-0.1, -0.05) is 54.9 Å². The summed E-state index contributed by atoms with van der Waals surface area (Å²) in [6.45, 7) is 14.6. The predicted molar refractivity (Wildman–Crippen MR) is 101 cm³/mol. The van der Waals surface area contributed by atoms with Crippen LogP contribution < -0.4 is 11.5 Å². The van der Waals surface area contributed by atoms with E-state index in [-0.39, 0.29) is 23.7 Å². The number of hydrogen-bond acceptors (Lipinski definition) is 4. The first-order valence-corrected chi connectivity index (χ1v) is 9.13. The fraction of sp³-hybridized carbons (Fsp3) is 0.895. The lowest BCUT2D eigenvalue weighted by Crippen LogP contribution is -2.43. The average molecular weight is 361 g/mol. The molecule has 4 atom stereocenters. The molecule has 0 spiro atoms. The molecule has 0 aliphatic carbocycles. The van der Waals surface area contributed by atoms with E-state index >= 15 is 0 Å². The van der Waals surface area contributed by atoms with Gasteiger partial charge in [0.25, 0.3) is 0 Å². The van der Waals surface area contributed by atoms with Crippen LogP contribution in [0.3, 0.4) is 0 Å². The Morgan fingerprint density at radius 1 is 0.920 bits per heavy atom. The molecule has 4 unspecified atom stereocenters. The van der Waals surface area contributed by atoms with Crippen molar-refractivity contribution in [1.82, 2.24) is 0 Å². The third-order valence-electron chi connectivity index (χ3n) is 5.55. The first-order valence-electron chi connectivity index (χ1n) is 9.13. The lowest BCUT2D eigenvalue weighted by molar-refractivity contribution is -0.132. The van der Waals surface area contributed by atoms with Crippen LogP contribution in [0.25, 0.3) is 0 Å². The van der Waals surface area contributed by atoms with Crippen LogP contribution in [0.2, 0.25) is 0 Å². The molecule has 2 amide bonds. The SMILES string of the molecule is CC(O)C(C)C(C)(C)C(N)=O.CCCC(O)C(CC)C(C)(C)C(N)=O. The van der Waals surface area contributed by atoms with E-state index in [0.717, 1.165) is 19.3 Å². The summed E-state index contributed by atoms with van der Waals surface area (Å²) in [6, 6.07) is 0. The summed E-state index contributed by atoms with van der Waals surface area (Å²) in [5.41, 5.74) is 9.24. The standard InChI is InChI=1S/C11H23NO2.C8H17NO2/c1-5-7-9(13)8(6-2)11(3,4)10(12)14;1-5(6(2)10)8(3,4)7(9)11/h8-9,13H,5-7H2,1-4H3,(H2,12,14);5-6,10H,1-4H3,(H2,9,11). The van der Waals surface area contributed by atoms with Gasteiger partial charge >= 0.3 is 0 Å². The van der Waals surface area contributed by atoms with Gasteiger partial charge in [-0.3, -0.25) is 9.59 Å². The summed E-state index contributed by atoms with van der Waals surface area (Å²) in [4.78, 5) is 22.1. The molecule has 6 heteroatoms. The van der Waals surface area contributed by atoms with Crippen molar-refractivity contribution in [2.75, 3.05) is 0 Å². The summed E-state index contributed by atoms with van der Waals surface area (Å²) in [5.74, 6) is -0.856. The van der Waals surface area contributed by atoms with Gasteiger partial charge in [-0.05, 0) is 31.6 Å². The largest absolute Gasteiger partial charge is 0.393 e. The van der Waals surface area contributed by atoms with Crippen molar-refractivity contribution in [2.45, 2.75) is 86.9 Å². The molecule has 0 saturated carbocycles. The minimum Gasteiger partial charge on any atom is -0.393 e. The first-order chi connectivity index (χ1) is 11.2. The van der Waals surface area contributed by atoms with E-state index in [1.54, 1.807) is 20.8 Å². The second-order valence-electron chi connectivity index (χ2n) is 8.07. The molecular weight excluding hydrogens is 320 g/mol. The fourth-order valence-corrected chi connectivity index (χ4v) is 2.77. The lowest BCUT2D eigenvalue weighted by Gasteiger charge is -2.34. The fourth-order valence-electron chi connectivity index (χ4n) is 2.77. The monoisotopic (exact) mass is 360 g/mol. The van der Waals surface area contributed by atoms with E-state index in [9.17, 15) is 19.8 Å². The molecular formula is C19H40N2O4. The summed E-state index contributed by atoms with van der Waals surface area (Å²) < 4.78 is 0. The number of carbonyl (C=O) groups excluding carboxylic acids is 2. The molecule has 6 nitrogen and oxygen atoms in total. The maximum absolute atomic E-state index is 11.2. The van der Waals surface area contributed by atoms with Gasteiger partial charge in [0.1, 0.15) is 0 Å². The van der Waals surface area contributed by atoms with Crippen molar-refractivity contribution in [3.05, 3.63) is 0 Å². The Kier molecular flexibility index (Phi) is 11.2. The molecule has 0 aromatic rings. The van der Waals surface area contributed by atoms with E-state index < -0.39 is 23.0 Å². The van der Waals surface area contributed by atoms with Gasteiger partial charge in [-0.25, -0.2) is 0 Å². The number of primary amides is 2. The first kappa shape index (κ1) is 26.1. The molecule has 0 radical (unpaired) electrons. The highest BCUT2D eigenvalue weighted by atomic mass is 16.3. The van der Waals surface area contributed by atoms with Crippen LogP contribution in [0, 0.1) is 22.7 Å². The van der Waals surface area contributed by atoms with E-state index in [1.165, 1.54) is 0 Å². The highest BCUT2D eigenvalue weighted by molar-refractivity contribution is 5.80. The quantitative estimate of drug-likeness (QED) is 0.502. The number of rotatable bonds is 9. The summed E-state index contributed by atoms with van der Waals surface area (Å²) in [6.07, 6.45) is 1.50. The molecule has 0 aromatic heterocycles. The Balaban J connectivity index is 0. The number of aliphatic hydroxyl groups excluding tert-OH is 2. The molecule has 150 valence electrons. The topological polar surface area (TPSA) is 127 Å². The van der Waals surface area contributed by atoms with Crippen LogP contribution in [0.5, 0.6) is 0 Å². The van der Waals surface area contributed by atoms with E-state index in [1.807, 2.05) is 34.6 Å². The molecule has 0 bridgehead atoms. The molecule has 0 heterocycles. The van der Waals surface area contributed by atoms with Crippen LogP contribution in [-0.4, -0.2) is 34.2 Å². The van der Waals surface area contributed by atoms with Crippen molar-refractivity contribution < 1.29 is 19.8 Å². The average Bonchev–Trinajstić information content (AvgIpc) is 2.47. The number of nitrogens with two attached hydrogens (primary N) is 2. The van der Waals surface area contributed by atoms with Crippen LogP contribution >= 0.6 is 0 Å². The van der Waals surface area contributed by atoms with Crippen molar-refractivity contribution in [3.8, 4) is 0 Å². The molecule has 0 aliphatic rings. The van der Waals surface area contributed by atoms with Gasteiger partial charge in [-0.15, -0.1) is 0 Å². The Labute approximate surface area is 153 Å². The number of hydrogen-bond donors (Lipinski definition) is 4. The highest BCUT2D eigenvalue weighted by Crippen LogP contribution is 2.33. The molecule has 0 fully saturated rings. The third-order valence-corrected chi connectivity index (χ3v) is 5.55. The van der Waals surface area contributed by atoms with Crippen LogP contribution in [0.15, 0.2) is 0 Å². The molecule has 0 aliphatic heterocycles. The van der Waals surface area contributed by atoms with E-state index in [0.29, 0.717) is 0 Å². The second kappa shape index (κ2) is 10.8. The molecule has 0 rings (SSSR count). The van der Waals surface area contributed by atoms with Crippen LogP contribution in [0.4, 0.5) is 0 Å². The maximum atomic E-state index is 11.2. The Morgan fingerprint density at radius 2 is 1.32 bits per heavy atom. The van der Waals surface area contributed by atoms with Gasteiger partial charge in [-0.2, -0.15) is 0 Å². The van der Waals surface area contributed by atoms with Gasteiger partial charge in [0, 0.05) is 10.8 Å². The summed E-state index contributed by atoms with van der Waals surface area (Å²) >= 11 is 0. The van der Waals surface area contributed by atoms with Gasteiger partial charge < -0.3 is 21.7 Å². The van der Waals surface area contributed by atoms with Crippen molar-refractivity contribution >= 4 is 11.8 Å². The zero-order valence-electron chi connectivity index (χ0n) is 17.3. The smallest absolute Gasteiger partial charge is 0.223 e. The van der Waals surface area contributed by atoms with Crippen molar-refractivity contribution in [1.29, 1.82) is 0 Å². The predicted octanol–water partition coefficient (Wildman–Crippen LogP) is 2.20. The second-order valence-corrected chi connectivity index (χ2v) is 8.07. The van der Waals surface area contributed by atoms with Crippen LogP contribution in [-0.2, 0) is 9.59 Å². The molecule has 25 heavy (non-hydrogen) atoms. The third kappa shape index (κ3) is 7.74. The zero-order valence-corrected chi connectivity index (χ0v) is 17.3. The lowest BCUT2D eigenvalue weighted by atomic mass is 9.73. The number of amides is 2. The molecule has 6 N–H and O–H groups in total. The van der Waals surface area contributed by atoms with Crippen molar-refractivity contribution in [2.24, 2.45) is 34.1 Å². The highest BCUT2D eigenvalue weighted by Gasteiger charge is 2.37. The van der Waals surface area contributed by atoms with E-state index in [2.05, 4.69) is 0 Å². The van der Waals surface area contributed by atoms with Gasteiger partial charge in [0.15, 0.2) is 0 Å². The minimum absolute atomic E-state index is 0.0417. The minimum atomic E-state index is -0.631. The Morgan fingerprint density at radius 3 is 1.52 bits per heavy atom. The van der Waals surface area contributed by atoms with Gasteiger partial charge in [0.2, 0.25) is 11.8 Å². The van der Waals surface area contributed by atoms with Crippen molar-refractivity contribution in [3.63, 3.8) is 0 Å². The number of aliphatic hydroxyl groups is 2. The zero-order chi connectivity index (χ0) is 20.6.